The molecule has 1 aromatic carbocycles. The average molecular weight is 480 g/mol. The Kier molecular flexibility index (Phi) is 25.7. The van der Waals surface area contributed by atoms with Crippen LogP contribution < -0.4 is 0 Å². The number of hydrogen-bond donors (Lipinski definition) is 0. The zero-order valence-corrected chi connectivity index (χ0v) is 23.3. The zero-order chi connectivity index (χ0) is 23.0. The van der Waals surface area contributed by atoms with Crippen molar-refractivity contribution in [2.75, 3.05) is 19.6 Å². The Morgan fingerprint density at radius 1 is 0.455 bits per heavy atom. The molecule has 0 radical (unpaired) electrons. The Bertz CT molecular complexity index is 469. The van der Waals surface area contributed by atoms with E-state index in [0.29, 0.717) is 0 Å². The van der Waals surface area contributed by atoms with Gasteiger partial charge in [0, 0.05) is 0 Å². The van der Waals surface area contributed by atoms with E-state index in [1.54, 1.807) is 0 Å². The quantitative estimate of drug-likeness (QED) is 0.133. The second-order valence-corrected chi connectivity index (χ2v) is 10.1. The molecule has 0 saturated heterocycles. The van der Waals surface area contributed by atoms with E-state index >= 15 is 0 Å². The second-order valence-electron chi connectivity index (χ2n) is 10.1. The van der Waals surface area contributed by atoms with Gasteiger partial charge in [0.15, 0.2) is 0 Å². The summed E-state index contributed by atoms with van der Waals surface area (Å²) in [6.45, 7) is 8.53. The molecular weight excluding hydrogens is 422 g/mol. The molecule has 1 rings (SSSR count). The van der Waals surface area contributed by atoms with Crippen LogP contribution in [0.15, 0.2) is 30.3 Å². The van der Waals surface area contributed by atoms with Gasteiger partial charge in [-0.2, -0.15) is 0 Å². The fourth-order valence-corrected chi connectivity index (χ4v) is 4.93. The van der Waals surface area contributed by atoms with Crippen LogP contribution in [0.2, 0.25) is 0 Å². The van der Waals surface area contributed by atoms with Crippen molar-refractivity contribution in [2.24, 2.45) is 0 Å². The van der Waals surface area contributed by atoms with Gasteiger partial charge in [0.2, 0.25) is 0 Å². The maximum absolute atomic E-state index is 2.66. The van der Waals surface area contributed by atoms with E-state index < -0.39 is 0 Å². The van der Waals surface area contributed by atoms with E-state index in [0.717, 1.165) is 0 Å². The lowest BCUT2D eigenvalue weighted by atomic mass is 10.0. The van der Waals surface area contributed by atoms with Gasteiger partial charge in [-0.1, -0.05) is 140 Å². The molecule has 0 heterocycles. The molecule has 1 aromatic rings. The molecule has 0 saturated carbocycles. The van der Waals surface area contributed by atoms with Gasteiger partial charge >= 0.3 is 0 Å². The van der Waals surface area contributed by atoms with Crippen LogP contribution in [0.4, 0.5) is 0 Å². The van der Waals surface area contributed by atoms with Crippen LogP contribution >= 0.6 is 12.4 Å². The molecule has 0 unspecified atom stereocenters. The molecule has 0 aliphatic heterocycles. The van der Waals surface area contributed by atoms with Crippen molar-refractivity contribution in [1.29, 1.82) is 0 Å². The van der Waals surface area contributed by atoms with Crippen LogP contribution in [-0.2, 0) is 6.42 Å². The van der Waals surface area contributed by atoms with Gasteiger partial charge in [-0.25, -0.2) is 0 Å². The van der Waals surface area contributed by atoms with E-state index in [-0.39, 0.29) is 12.4 Å². The molecule has 0 spiro atoms. The summed E-state index contributed by atoms with van der Waals surface area (Å²) in [6, 6.07) is 11.0. The minimum absolute atomic E-state index is 0. The summed E-state index contributed by atoms with van der Waals surface area (Å²) in [7, 11) is 0. The molecule has 0 N–H and O–H groups in total. The number of benzene rings is 1. The van der Waals surface area contributed by atoms with Crippen molar-refractivity contribution in [2.45, 2.75) is 142 Å². The van der Waals surface area contributed by atoms with Gasteiger partial charge in [0.05, 0.1) is 0 Å². The Balaban J connectivity index is 0.0000102. The molecule has 0 aromatic heterocycles. The first-order chi connectivity index (χ1) is 15.9. The lowest BCUT2D eigenvalue weighted by Gasteiger charge is -2.20. The summed E-state index contributed by atoms with van der Waals surface area (Å²) in [5, 5.41) is 0. The van der Waals surface area contributed by atoms with E-state index in [2.05, 4.69) is 49.1 Å². The summed E-state index contributed by atoms with van der Waals surface area (Å²) in [6.07, 6.45) is 28.5. The van der Waals surface area contributed by atoms with E-state index in [1.807, 2.05) is 0 Å². The van der Waals surface area contributed by atoms with Crippen molar-refractivity contribution in [1.82, 2.24) is 4.90 Å². The molecule has 0 bridgehead atoms. The highest BCUT2D eigenvalue weighted by Gasteiger charge is 2.01. The molecule has 2 heteroatoms. The number of rotatable bonds is 24. The standard InChI is InChI=1S/C31H57N.ClH/c1-3-28-32(29-4-2)30-24-19-17-15-13-11-9-7-5-6-8-10-12-14-16-18-21-25-31-26-22-20-23-27-31;/h20,22-23,26-27H,3-19,21,24-25,28-30H2,1-2H3;1H. The predicted molar refractivity (Wildman–Crippen MR) is 153 cm³/mol. The summed E-state index contributed by atoms with van der Waals surface area (Å²) < 4.78 is 0. The first-order valence-electron chi connectivity index (χ1n) is 14.6. The molecule has 33 heavy (non-hydrogen) atoms. The van der Waals surface area contributed by atoms with Crippen LogP contribution in [0.25, 0.3) is 0 Å². The maximum atomic E-state index is 2.66. The Hall–Kier alpha value is -0.530. The molecular formula is C31H58ClN. The lowest BCUT2D eigenvalue weighted by molar-refractivity contribution is 0.267. The van der Waals surface area contributed by atoms with E-state index in [1.165, 1.54) is 154 Å². The number of aryl methyl sites for hydroxylation is 1. The number of halogens is 1. The van der Waals surface area contributed by atoms with Crippen molar-refractivity contribution in [3.05, 3.63) is 35.9 Å². The lowest BCUT2D eigenvalue weighted by Crippen LogP contribution is -2.26. The largest absolute Gasteiger partial charge is 0.303 e. The normalized spacial score (nSPS) is 11.1. The Morgan fingerprint density at radius 3 is 1.21 bits per heavy atom. The SMILES string of the molecule is CCCN(CCC)CCCCCCCCCCCCCCCCCCCc1ccccc1.Cl. The van der Waals surface area contributed by atoms with Crippen molar-refractivity contribution >= 4 is 12.4 Å². The van der Waals surface area contributed by atoms with Gasteiger partial charge in [0.1, 0.15) is 0 Å². The zero-order valence-electron chi connectivity index (χ0n) is 22.5. The number of nitrogens with zero attached hydrogens (tertiary/aromatic N) is 1. The highest BCUT2D eigenvalue weighted by atomic mass is 35.5. The van der Waals surface area contributed by atoms with Crippen molar-refractivity contribution in [3.8, 4) is 0 Å². The highest BCUT2D eigenvalue weighted by molar-refractivity contribution is 5.85. The Morgan fingerprint density at radius 2 is 0.818 bits per heavy atom. The first-order valence-corrected chi connectivity index (χ1v) is 14.6. The van der Waals surface area contributed by atoms with E-state index in [4.69, 9.17) is 0 Å². The van der Waals surface area contributed by atoms with Gasteiger partial charge in [-0.15, -0.1) is 12.4 Å². The minimum atomic E-state index is 0. The summed E-state index contributed by atoms with van der Waals surface area (Å²) >= 11 is 0. The highest BCUT2D eigenvalue weighted by Crippen LogP contribution is 2.15. The van der Waals surface area contributed by atoms with Gasteiger partial charge in [-0.05, 0) is 57.3 Å². The average Bonchev–Trinajstić information content (AvgIpc) is 2.81. The Labute approximate surface area is 214 Å². The van der Waals surface area contributed by atoms with Crippen molar-refractivity contribution < 1.29 is 0 Å². The fourth-order valence-electron chi connectivity index (χ4n) is 4.93. The smallest absolute Gasteiger partial charge is 0.00187 e. The molecule has 0 fully saturated rings. The summed E-state index contributed by atoms with van der Waals surface area (Å²) in [5.74, 6) is 0. The topological polar surface area (TPSA) is 3.24 Å². The number of unbranched alkanes of at least 4 members (excludes halogenated alkanes) is 16. The third kappa shape index (κ3) is 21.7. The molecule has 0 aliphatic carbocycles. The third-order valence-electron chi connectivity index (χ3n) is 6.86. The van der Waals surface area contributed by atoms with Crippen LogP contribution in [0, 0.1) is 0 Å². The summed E-state index contributed by atoms with van der Waals surface area (Å²) in [4.78, 5) is 2.66. The van der Waals surface area contributed by atoms with Crippen molar-refractivity contribution in [3.63, 3.8) is 0 Å². The van der Waals surface area contributed by atoms with Crippen LogP contribution in [0.1, 0.15) is 141 Å². The summed E-state index contributed by atoms with van der Waals surface area (Å²) in [5.41, 5.74) is 1.50. The maximum Gasteiger partial charge on any atom is -0.00187 e. The molecule has 0 aliphatic rings. The molecule has 0 amide bonds. The third-order valence-corrected chi connectivity index (χ3v) is 6.86. The van der Waals surface area contributed by atoms with Gasteiger partial charge < -0.3 is 4.90 Å². The van der Waals surface area contributed by atoms with Crippen LogP contribution in [-0.4, -0.2) is 24.5 Å². The minimum Gasteiger partial charge on any atom is -0.303 e. The van der Waals surface area contributed by atoms with Crippen LogP contribution in [0.5, 0.6) is 0 Å². The monoisotopic (exact) mass is 479 g/mol. The van der Waals surface area contributed by atoms with Gasteiger partial charge in [-0.3, -0.25) is 0 Å². The molecule has 0 atom stereocenters. The first kappa shape index (κ1) is 32.5. The molecule has 194 valence electrons. The van der Waals surface area contributed by atoms with Crippen LogP contribution in [0.3, 0.4) is 0 Å². The molecule has 1 nitrogen and oxygen atoms in total. The second kappa shape index (κ2) is 26.1. The fraction of sp³-hybridized carbons (Fsp3) is 0.806. The predicted octanol–water partition coefficient (Wildman–Crippen LogP) is 10.4. The number of hydrogen-bond acceptors (Lipinski definition) is 1. The van der Waals surface area contributed by atoms with Gasteiger partial charge in [0.25, 0.3) is 0 Å². The van der Waals surface area contributed by atoms with E-state index in [9.17, 15) is 0 Å².